The largest absolute Gasteiger partial charge is 0.480 e. The summed E-state index contributed by atoms with van der Waals surface area (Å²) in [4.78, 5) is 24.8. The highest BCUT2D eigenvalue weighted by atomic mass is 32.1. The Labute approximate surface area is 130 Å². The van der Waals surface area contributed by atoms with Crippen LogP contribution in [0.3, 0.4) is 0 Å². The van der Waals surface area contributed by atoms with Crippen LogP contribution in [-0.2, 0) is 4.79 Å². The number of amides is 1. The van der Waals surface area contributed by atoms with E-state index in [1.54, 1.807) is 11.3 Å². The Balaban J connectivity index is 1.83. The Morgan fingerprint density at radius 3 is 2.48 bits per heavy atom. The van der Waals surface area contributed by atoms with E-state index in [-0.39, 0.29) is 5.91 Å². The third-order valence-corrected chi connectivity index (χ3v) is 6.17. The number of aliphatic carboxylic acids is 1. The maximum atomic E-state index is 12.4. The molecule has 2 N–H and O–H groups in total. The molecule has 0 spiro atoms. The minimum absolute atomic E-state index is 0.257. The fourth-order valence-electron chi connectivity index (χ4n) is 2.88. The number of hydrogen-bond acceptors (Lipinski definition) is 4. The zero-order valence-electron chi connectivity index (χ0n) is 11.6. The summed E-state index contributed by atoms with van der Waals surface area (Å²) in [5.41, 5.74) is -1.09. The van der Waals surface area contributed by atoms with Crippen molar-refractivity contribution < 1.29 is 14.7 Å². The van der Waals surface area contributed by atoms with Gasteiger partial charge in [0.15, 0.2) is 0 Å². The fraction of sp³-hybridized carbons (Fsp3) is 0.467. The number of hydrogen-bond donors (Lipinski definition) is 2. The summed E-state index contributed by atoms with van der Waals surface area (Å²) in [7, 11) is 0. The van der Waals surface area contributed by atoms with Gasteiger partial charge in [0.2, 0.25) is 0 Å². The Kier molecular flexibility index (Phi) is 3.99. The first kappa shape index (κ1) is 14.5. The fourth-order valence-corrected chi connectivity index (χ4v) is 4.88. The first-order chi connectivity index (χ1) is 10.1. The molecule has 1 saturated carbocycles. The summed E-state index contributed by atoms with van der Waals surface area (Å²) in [5.74, 6) is -1.16. The molecule has 21 heavy (non-hydrogen) atoms. The number of thiophene rings is 2. The molecule has 0 unspecified atom stereocenters. The normalized spacial score (nSPS) is 18.3. The Bertz CT molecular complexity index is 637. The standard InChI is InChI=1S/C15H17NO3S2/c17-13(12-9-11-10(21-12)5-8-20-11)16-15(14(18)19)6-3-1-2-4-7-15/h5,8-9H,1-4,6-7H2,(H,16,17)(H,18,19). The number of nitrogens with one attached hydrogen (secondary N) is 1. The molecule has 4 nitrogen and oxygen atoms in total. The maximum Gasteiger partial charge on any atom is 0.329 e. The number of fused-ring (bicyclic) bond motifs is 1. The SMILES string of the molecule is O=C(NC1(C(=O)O)CCCCCC1)c1cc2sccc2s1. The molecule has 3 rings (SSSR count). The zero-order valence-corrected chi connectivity index (χ0v) is 13.2. The average molecular weight is 323 g/mol. The molecule has 0 aliphatic heterocycles. The van der Waals surface area contributed by atoms with E-state index in [1.165, 1.54) is 11.3 Å². The van der Waals surface area contributed by atoms with Crippen LogP contribution < -0.4 is 5.32 Å². The molecule has 1 aliphatic carbocycles. The molecule has 6 heteroatoms. The van der Waals surface area contributed by atoms with Crippen molar-refractivity contribution in [2.75, 3.05) is 0 Å². The van der Waals surface area contributed by atoms with E-state index in [0.29, 0.717) is 17.7 Å². The molecule has 0 atom stereocenters. The minimum Gasteiger partial charge on any atom is -0.480 e. The van der Waals surface area contributed by atoms with Crippen molar-refractivity contribution in [1.29, 1.82) is 0 Å². The highest BCUT2D eigenvalue weighted by molar-refractivity contribution is 7.27. The van der Waals surface area contributed by atoms with Gasteiger partial charge in [-0.15, -0.1) is 22.7 Å². The Morgan fingerprint density at radius 1 is 1.14 bits per heavy atom. The Hall–Kier alpha value is -1.40. The van der Waals surface area contributed by atoms with Crippen molar-refractivity contribution in [2.45, 2.75) is 44.1 Å². The lowest BCUT2D eigenvalue weighted by molar-refractivity contribution is -0.145. The summed E-state index contributed by atoms with van der Waals surface area (Å²) < 4.78 is 2.16. The van der Waals surface area contributed by atoms with Crippen LogP contribution in [0.15, 0.2) is 17.5 Å². The van der Waals surface area contributed by atoms with Crippen LogP contribution in [0.2, 0.25) is 0 Å². The second kappa shape index (κ2) is 5.77. The number of carbonyl (C=O) groups is 2. The highest BCUT2D eigenvalue weighted by Crippen LogP contribution is 2.32. The number of rotatable bonds is 3. The highest BCUT2D eigenvalue weighted by Gasteiger charge is 2.40. The van der Waals surface area contributed by atoms with Gasteiger partial charge in [-0.2, -0.15) is 0 Å². The molecule has 0 bridgehead atoms. The van der Waals surface area contributed by atoms with Crippen LogP contribution in [0.4, 0.5) is 0 Å². The van der Waals surface area contributed by atoms with E-state index < -0.39 is 11.5 Å². The van der Waals surface area contributed by atoms with Crippen molar-refractivity contribution in [3.8, 4) is 0 Å². The van der Waals surface area contributed by atoms with Crippen LogP contribution in [0, 0.1) is 0 Å². The molecule has 2 aromatic rings. The molecular formula is C15H17NO3S2. The van der Waals surface area contributed by atoms with Crippen molar-refractivity contribution in [1.82, 2.24) is 5.32 Å². The van der Waals surface area contributed by atoms with Gasteiger partial charge in [-0.25, -0.2) is 4.79 Å². The van der Waals surface area contributed by atoms with Gasteiger partial charge in [-0.05, 0) is 30.4 Å². The van der Waals surface area contributed by atoms with E-state index in [1.807, 2.05) is 17.5 Å². The van der Waals surface area contributed by atoms with Gasteiger partial charge in [0, 0.05) is 9.40 Å². The topological polar surface area (TPSA) is 66.4 Å². The monoisotopic (exact) mass is 323 g/mol. The second-order valence-electron chi connectivity index (χ2n) is 5.52. The van der Waals surface area contributed by atoms with E-state index in [4.69, 9.17) is 0 Å². The van der Waals surface area contributed by atoms with E-state index in [2.05, 4.69) is 5.32 Å². The van der Waals surface area contributed by atoms with Crippen molar-refractivity contribution in [3.05, 3.63) is 22.4 Å². The van der Waals surface area contributed by atoms with Crippen molar-refractivity contribution in [2.24, 2.45) is 0 Å². The van der Waals surface area contributed by atoms with Gasteiger partial charge < -0.3 is 10.4 Å². The number of carbonyl (C=O) groups excluding carboxylic acids is 1. The molecule has 1 fully saturated rings. The molecule has 2 heterocycles. The molecule has 1 amide bonds. The second-order valence-corrected chi connectivity index (χ2v) is 7.55. The number of carboxylic acids is 1. The molecule has 2 aromatic heterocycles. The third kappa shape index (κ3) is 2.82. The summed E-state index contributed by atoms with van der Waals surface area (Å²) in [6.07, 6.45) is 4.83. The lowest BCUT2D eigenvalue weighted by atomic mass is 9.90. The average Bonchev–Trinajstić information content (AvgIpc) is 2.95. The molecular weight excluding hydrogens is 306 g/mol. The van der Waals surface area contributed by atoms with Crippen molar-refractivity contribution >= 4 is 43.9 Å². The van der Waals surface area contributed by atoms with Crippen LogP contribution >= 0.6 is 22.7 Å². The first-order valence-corrected chi connectivity index (χ1v) is 8.83. The van der Waals surface area contributed by atoms with Crippen LogP contribution in [-0.4, -0.2) is 22.5 Å². The van der Waals surface area contributed by atoms with Gasteiger partial charge in [-0.3, -0.25) is 4.79 Å². The molecule has 1 aliphatic rings. The van der Waals surface area contributed by atoms with E-state index in [9.17, 15) is 14.7 Å². The lowest BCUT2D eigenvalue weighted by Gasteiger charge is -2.29. The van der Waals surface area contributed by atoms with Crippen LogP contribution in [0.1, 0.15) is 48.2 Å². The summed E-state index contributed by atoms with van der Waals surface area (Å²) in [6, 6.07) is 3.84. The van der Waals surface area contributed by atoms with Crippen molar-refractivity contribution in [3.63, 3.8) is 0 Å². The van der Waals surface area contributed by atoms with Gasteiger partial charge in [-0.1, -0.05) is 25.7 Å². The molecule has 0 saturated heterocycles. The molecule has 0 aromatic carbocycles. The Morgan fingerprint density at radius 2 is 1.86 bits per heavy atom. The van der Waals surface area contributed by atoms with Gasteiger partial charge >= 0.3 is 5.97 Å². The lowest BCUT2D eigenvalue weighted by Crippen LogP contribution is -2.54. The van der Waals surface area contributed by atoms with Gasteiger partial charge in [0.05, 0.1) is 4.88 Å². The van der Waals surface area contributed by atoms with Gasteiger partial charge in [0.25, 0.3) is 5.91 Å². The summed E-state index contributed by atoms with van der Waals surface area (Å²) >= 11 is 3.02. The molecule has 112 valence electrons. The smallest absolute Gasteiger partial charge is 0.329 e. The van der Waals surface area contributed by atoms with Crippen LogP contribution in [0.25, 0.3) is 9.40 Å². The van der Waals surface area contributed by atoms with E-state index >= 15 is 0 Å². The summed E-state index contributed by atoms with van der Waals surface area (Å²) in [6.45, 7) is 0. The van der Waals surface area contributed by atoms with E-state index in [0.717, 1.165) is 35.1 Å². The zero-order chi connectivity index (χ0) is 14.9. The predicted octanol–water partition coefficient (Wildman–Crippen LogP) is 3.87. The quantitative estimate of drug-likeness (QED) is 0.843. The molecule has 0 radical (unpaired) electrons. The number of carboxylic acid groups (broad SMARTS) is 1. The van der Waals surface area contributed by atoms with Crippen LogP contribution in [0.5, 0.6) is 0 Å². The summed E-state index contributed by atoms with van der Waals surface area (Å²) in [5, 5.41) is 14.4. The minimum atomic E-state index is -1.09. The predicted molar refractivity (Wildman–Crippen MR) is 85.2 cm³/mol. The first-order valence-electron chi connectivity index (χ1n) is 7.14. The third-order valence-electron chi connectivity index (χ3n) is 4.08. The maximum absolute atomic E-state index is 12.4. The van der Waals surface area contributed by atoms with Gasteiger partial charge in [0.1, 0.15) is 5.54 Å².